The first kappa shape index (κ1) is 18.7. The van der Waals surface area contributed by atoms with Gasteiger partial charge in [0.25, 0.3) is 0 Å². The van der Waals surface area contributed by atoms with Gasteiger partial charge in [0.05, 0.1) is 6.61 Å². The molecule has 134 valence electrons. The van der Waals surface area contributed by atoms with E-state index in [0.717, 1.165) is 31.5 Å². The Balaban J connectivity index is 1.91. The van der Waals surface area contributed by atoms with Crippen molar-refractivity contribution in [3.8, 4) is 0 Å². The zero-order valence-electron chi connectivity index (χ0n) is 15.3. The summed E-state index contributed by atoms with van der Waals surface area (Å²) in [7, 11) is 1.81. The van der Waals surface area contributed by atoms with E-state index in [0.29, 0.717) is 12.6 Å². The van der Waals surface area contributed by atoms with Crippen LogP contribution in [0.4, 0.5) is 4.79 Å². The maximum Gasteiger partial charge on any atom is 0.410 e. The van der Waals surface area contributed by atoms with Crippen LogP contribution >= 0.6 is 0 Å². The van der Waals surface area contributed by atoms with Gasteiger partial charge in [-0.2, -0.15) is 0 Å². The highest BCUT2D eigenvalue weighted by Crippen LogP contribution is 2.21. The number of aliphatic hydroxyl groups is 1. The van der Waals surface area contributed by atoms with Crippen LogP contribution in [0.2, 0.25) is 0 Å². The molecule has 1 atom stereocenters. The molecule has 0 radical (unpaired) electrons. The summed E-state index contributed by atoms with van der Waals surface area (Å²) in [6, 6.07) is 8.43. The van der Waals surface area contributed by atoms with Crippen LogP contribution in [0.15, 0.2) is 24.3 Å². The quantitative estimate of drug-likeness (QED) is 0.899. The number of carbonyl (C=O) groups is 1. The van der Waals surface area contributed by atoms with E-state index in [2.05, 4.69) is 17.0 Å². The minimum Gasteiger partial charge on any atom is -0.444 e. The van der Waals surface area contributed by atoms with Gasteiger partial charge in [0, 0.05) is 26.2 Å². The monoisotopic (exact) mass is 334 g/mol. The third-order valence-corrected chi connectivity index (χ3v) is 4.28. The van der Waals surface area contributed by atoms with Crippen molar-refractivity contribution in [1.82, 2.24) is 9.80 Å². The lowest BCUT2D eigenvalue weighted by atomic mass is 10.1. The number of hydrogen-bond acceptors (Lipinski definition) is 4. The molecule has 1 aliphatic heterocycles. The fourth-order valence-corrected chi connectivity index (χ4v) is 3.03. The van der Waals surface area contributed by atoms with Gasteiger partial charge in [0.2, 0.25) is 0 Å². The lowest BCUT2D eigenvalue weighted by molar-refractivity contribution is 0.0256. The second-order valence-corrected chi connectivity index (χ2v) is 7.60. The largest absolute Gasteiger partial charge is 0.444 e. The Morgan fingerprint density at radius 2 is 1.92 bits per heavy atom. The van der Waals surface area contributed by atoms with Gasteiger partial charge in [-0.15, -0.1) is 0 Å². The Hall–Kier alpha value is -1.59. The number of amides is 1. The minimum absolute atomic E-state index is 0.0767. The van der Waals surface area contributed by atoms with E-state index in [4.69, 9.17) is 9.84 Å². The van der Waals surface area contributed by atoms with Crippen molar-refractivity contribution in [2.45, 2.75) is 58.4 Å². The lowest BCUT2D eigenvalue weighted by Crippen LogP contribution is -2.42. The summed E-state index contributed by atoms with van der Waals surface area (Å²) < 4.78 is 5.43. The summed E-state index contributed by atoms with van der Waals surface area (Å²) in [5.74, 6) is 0. The number of likely N-dealkylation sites (tertiary alicyclic amines) is 1. The van der Waals surface area contributed by atoms with Crippen LogP contribution in [0.1, 0.15) is 44.7 Å². The molecule has 0 bridgehead atoms. The van der Waals surface area contributed by atoms with Crippen molar-refractivity contribution < 1.29 is 14.6 Å². The summed E-state index contributed by atoms with van der Waals surface area (Å²) in [5, 5.41) is 9.13. The molecule has 1 heterocycles. The maximum absolute atomic E-state index is 12.1. The summed E-state index contributed by atoms with van der Waals surface area (Å²) in [6.45, 7) is 8.34. The van der Waals surface area contributed by atoms with Crippen LogP contribution in [0.5, 0.6) is 0 Å². The van der Waals surface area contributed by atoms with Crippen molar-refractivity contribution in [2.75, 3.05) is 20.1 Å². The fourth-order valence-electron chi connectivity index (χ4n) is 3.03. The molecule has 24 heavy (non-hydrogen) atoms. The zero-order valence-corrected chi connectivity index (χ0v) is 15.3. The number of benzene rings is 1. The fraction of sp³-hybridized carbons (Fsp3) is 0.632. The average Bonchev–Trinajstić information content (AvgIpc) is 2.93. The van der Waals surface area contributed by atoms with Crippen LogP contribution in [-0.2, 0) is 17.9 Å². The smallest absolute Gasteiger partial charge is 0.410 e. The van der Waals surface area contributed by atoms with Gasteiger partial charge < -0.3 is 14.7 Å². The first-order valence-corrected chi connectivity index (χ1v) is 8.65. The minimum atomic E-state index is -0.463. The number of nitrogens with zero attached hydrogens (tertiary/aromatic N) is 2. The molecular formula is C19H30N2O3. The molecule has 1 saturated heterocycles. The van der Waals surface area contributed by atoms with E-state index in [1.54, 1.807) is 11.9 Å². The van der Waals surface area contributed by atoms with Crippen LogP contribution in [0.3, 0.4) is 0 Å². The SMILES string of the molecule is CN(CC1CCCN1Cc1ccc(CO)cc1)C(=O)OC(C)(C)C. The van der Waals surface area contributed by atoms with E-state index in [-0.39, 0.29) is 12.7 Å². The molecule has 1 fully saturated rings. The van der Waals surface area contributed by atoms with Crippen LogP contribution < -0.4 is 0 Å². The number of aliphatic hydroxyl groups excluding tert-OH is 1. The maximum atomic E-state index is 12.1. The highest BCUT2D eigenvalue weighted by Gasteiger charge is 2.28. The van der Waals surface area contributed by atoms with Crippen LogP contribution in [-0.4, -0.2) is 52.8 Å². The molecule has 1 unspecified atom stereocenters. The molecule has 0 saturated carbocycles. The third kappa shape index (κ3) is 5.49. The van der Waals surface area contributed by atoms with Gasteiger partial charge in [-0.1, -0.05) is 24.3 Å². The van der Waals surface area contributed by atoms with Crippen molar-refractivity contribution in [3.63, 3.8) is 0 Å². The predicted octanol–water partition coefficient (Wildman–Crippen LogP) is 3.01. The van der Waals surface area contributed by atoms with E-state index in [1.165, 1.54) is 5.56 Å². The Morgan fingerprint density at radius 1 is 1.29 bits per heavy atom. The second-order valence-electron chi connectivity index (χ2n) is 7.60. The number of likely N-dealkylation sites (N-methyl/N-ethyl adjacent to an activating group) is 1. The molecule has 0 aliphatic carbocycles. The molecule has 5 nitrogen and oxygen atoms in total. The van der Waals surface area contributed by atoms with Gasteiger partial charge in [0.1, 0.15) is 5.60 Å². The molecule has 0 aromatic heterocycles. The number of ether oxygens (including phenoxy) is 1. The molecule has 1 aromatic carbocycles. The van der Waals surface area contributed by atoms with E-state index >= 15 is 0 Å². The number of rotatable bonds is 5. The topological polar surface area (TPSA) is 53.0 Å². The van der Waals surface area contributed by atoms with Gasteiger partial charge in [-0.25, -0.2) is 4.79 Å². The van der Waals surface area contributed by atoms with Gasteiger partial charge >= 0.3 is 6.09 Å². The number of hydrogen-bond donors (Lipinski definition) is 1. The first-order valence-electron chi connectivity index (χ1n) is 8.65. The predicted molar refractivity (Wildman–Crippen MR) is 94.7 cm³/mol. The standard InChI is InChI=1S/C19H30N2O3/c1-19(2,3)24-18(23)20(4)13-17-6-5-11-21(17)12-15-7-9-16(14-22)10-8-15/h7-10,17,22H,5-6,11-14H2,1-4H3. The summed E-state index contributed by atoms with van der Waals surface area (Å²) in [4.78, 5) is 16.3. The van der Waals surface area contributed by atoms with Gasteiger partial charge in [-0.05, 0) is 51.3 Å². The van der Waals surface area contributed by atoms with Crippen LogP contribution in [0, 0.1) is 0 Å². The lowest BCUT2D eigenvalue weighted by Gasteiger charge is -2.30. The zero-order chi connectivity index (χ0) is 17.7. The Kier molecular flexibility index (Phi) is 6.24. The molecule has 1 amide bonds. The Morgan fingerprint density at radius 3 is 2.50 bits per heavy atom. The number of carbonyl (C=O) groups excluding carboxylic acids is 1. The molecule has 1 aliphatic rings. The molecular weight excluding hydrogens is 304 g/mol. The van der Waals surface area contributed by atoms with Crippen molar-refractivity contribution in [2.24, 2.45) is 0 Å². The highest BCUT2D eigenvalue weighted by atomic mass is 16.6. The van der Waals surface area contributed by atoms with E-state index < -0.39 is 5.60 Å². The van der Waals surface area contributed by atoms with Gasteiger partial charge in [-0.3, -0.25) is 4.90 Å². The first-order chi connectivity index (χ1) is 11.3. The summed E-state index contributed by atoms with van der Waals surface area (Å²) in [5.41, 5.74) is 1.70. The Bertz CT molecular complexity index is 537. The molecule has 0 spiro atoms. The van der Waals surface area contributed by atoms with Crippen molar-refractivity contribution >= 4 is 6.09 Å². The Labute approximate surface area is 145 Å². The summed E-state index contributed by atoms with van der Waals surface area (Å²) >= 11 is 0. The van der Waals surface area contributed by atoms with E-state index in [1.807, 2.05) is 32.9 Å². The molecule has 1 N–H and O–H groups in total. The average molecular weight is 334 g/mol. The third-order valence-electron chi connectivity index (χ3n) is 4.28. The van der Waals surface area contributed by atoms with E-state index in [9.17, 15) is 4.79 Å². The normalized spacial score (nSPS) is 18.6. The van der Waals surface area contributed by atoms with Gasteiger partial charge in [0.15, 0.2) is 0 Å². The molecule has 5 heteroatoms. The van der Waals surface area contributed by atoms with Crippen molar-refractivity contribution in [3.05, 3.63) is 35.4 Å². The van der Waals surface area contributed by atoms with Crippen LogP contribution in [0.25, 0.3) is 0 Å². The molecule has 1 aromatic rings. The summed E-state index contributed by atoms with van der Waals surface area (Å²) in [6.07, 6.45) is 1.99. The van der Waals surface area contributed by atoms with Crippen molar-refractivity contribution in [1.29, 1.82) is 0 Å². The second kappa shape index (κ2) is 7.99. The molecule has 2 rings (SSSR count). The highest BCUT2D eigenvalue weighted by molar-refractivity contribution is 5.67.